The van der Waals surface area contributed by atoms with Gasteiger partial charge in [0.15, 0.2) is 11.5 Å². The maximum absolute atomic E-state index is 5.50. The second-order valence-electron chi connectivity index (χ2n) is 4.59. The summed E-state index contributed by atoms with van der Waals surface area (Å²) in [5, 5.41) is 3.40. The Morgan fingerprint density at radius 3 is 2.74 bits per heavy atom. The Hall–Kier alpha value is -2.16. The quantitative estimate of drug-likeness (QED) is 0.912. The molecule has 1 aliphatic heterocycles. The molecule has 0 atom stereocenters. The predicted octanol–water partition coefficient (Wildman–Crippen LogP) is 3.34. The Labute approximate surface area is 113 Å². The normalized spacial score (nSPS) is 12.7. The van der Waals surface area contributed by atoms with E-state index in [2.05, 4.69) is 29.6 Å². The molecule has 0 aliphatic carbocycles. The molecule has 0 saturated heterocycles. The van der Waals surface area contributed by atoms with E-state index in [-0.39, 0.29) is 0 Å². The number of fused-ring (bicyclic) bond motifs is 1. The molecule has 0 amide bonds. The zero-order valence-electron chi connectivity index (χ0n) is 11.2. The number of nitrogens with one attached hydrogen (secondary N) is 1. The summed E-state index contributed by atoms with van der Waals surface area (Å²) >= 11 is 0. The van der Waals surface area contributed by atoms with Gasteiger partial charge < -0.3 is 14.8 Å². The highest BCUT2D eigenvalue weighted by Crippen LogP contribution is 2.39. The molecule has 0 aromatic heterocycles. The topological polar surface area (TPSA) is 30.5 Å². The van der Waals surface area contributed by atoms with Crippen LogP contribution in [0.3, 0.4) is 0 Å². The van der Waals surface area contributed by atoms with Crippen molar-refractivity contribution in [1.82, 2.24) is 0 Å². The van der Waals surface area contributed by atoms with Crippen LogP contribution in [-0.2, 0) is 6.42 Å². The molecule has 2 aromatic carbocycles. The van der Waals surface area contributed by atoms with Crippen LogP contribution in [0.2, 0.25) is 0 Å². The maximum atomic E-state index is 5.50. The van der Waals surface area contributed by atoms with Crippen LogP contribution in [0, 0.1) is 0 Å². The van der Waals surface area contributed by atoms with Crippen LogP contribution in [0.15, 0.2) is 36.4 Å². The van der Waals surface area contributed by atoms with Gasteiger partial charge in [0.1, 0.15) is 0 Å². The Kier molecular flexibility index (Phi) is 3.03. The molecule has 0 spiro atoms. The van der Waals surface area contributed by atoms with Gasteiger partial charge in [0, 0.05) is 17.8 Å². The number of anilines is 1. The number of ether oxygens (including phenoxy) is 2. The lowest BCUT2D eigenvalue weighted by atomic mass is 10.0. The number of methoxy groups -OCH3 is 2. The van der Waals surface area contributed by atoms with Crippen molar-refractivity contribution in [3.8, 4) is 22.6 Å². The molecule has 1 N–H and O–H groups in total. The zero-order valence-corrected chi connectivity index (χ0v) is 11.2. The van der Waals surface area contributed by atoms with Gasteiger partial charge in [-0.3, -0.25) is 0 Å². The summed E-state index contributed by atoms with van der Waals surface area (Å²) in [5.74, 6) is 1.54. The fourth-order valence-corrected chi connectivity index (χ4v) is 2.57. The van der Waals surface area contributed by atoms with E-state index in [4.69, 9.17) is 9.47 Å². The summed E-state index contributed by atoms with van der Waals surface area (Å²) in [7, 11) is 3.33. The summed E-state index contributed by atoms with van der Waals surface area (Å²) in [5.41, 5.74) is 4.80. The second-order valence-corrected chi connectivity index (χ2v) is 4.59. The average Bonchev–Trinajstić information content (AvgIpc) is 2.93. The van der Waals surface area contributed by atoms with Gasteiger partial charge in [-0.05, 0) is 29.7 Å². The van der Waals surface area contributed by atoms with Crippen molar-refractivity contribution in [3.63, 3.8) is 0 Å². The monoisotopic (exact) mass is 255 g/mol. The van der Waals surface area contributed by atoms with Gasteiger partial charge in [0.2, 0.25) is 0 Å². The SMILES string of the molecule is COc1cccc(-c2ccc3c(c2)NCC3)c1OC. The molecule has 0 bridgehead atoms. The third-order valence-electron chi connectivity index (χ3n) is 3.53. The number of rotatable bonds is 3. The molecule has 98 valence electrons. The van der Waals surface area contributed by atoms with Gasteiger partial charge in [-0.1, -0.05) is 24.3 Å². The van der Waals surface area contributed by atoms with Crippen molar-refractivity contribution in [2.24, 2.45) is 0 Å². The summed E-state index contributed by atoms with van der Waals surface area (Å²) in [4.78, 5) is 0. The van der Waals surface area contributed by atoms with Crippen LogP contribution in [0.25, 0.3) is 11.1 Å². The Morgan fingerprint density at radius 2 is 1.95 bits per heavy atom. The molecule has 0 saturated carbocycles. The van der Waals surface area contributed by atoms with Crippen LogP contribution < -0.4 is 14.8 Å². The number of benzene rings is 2. The van der Waals surface area contributed by atoms with Crippen molar-refractivity contribution in [2.45, 2.75) is 6.42 Å². The van der Waals surface area contributed by atoms with E-state index in [1.165, 1.54) is 11.3 Å². The lowest BCUT2D eigenvalue weighted by Gasteiger charge is -2.13. The largest absolute Gasteiger partial charge is 0.493 e. The fourth-order valence-electron chi connectivity index (χ4n) is 2.57. The molecule has 3 heteroatoms. The minimum atomic E-state index is 0.758. The first kappa shape index (κ1) is 11.9. The van der Waals surface area contributed by atoms with Gasteiger partial charge in [0.05, 0.1) is 14.2 Å². The van der Waals surface area contributed by atoms with Crippen molar-refractivity contribution < 1.29 is 9.47 Å². The van der Waals surface area contributed by atoms with Gasteiger partial charge in [-0.2, -0.15) is 0 Å². The first-order chi connectivity index (χ1) is 9.33. The van der Waals surface area contributed by atoms with Gasteiger partial charge in [0.25, 0.3) is 0 Å². The molecule has 0 radical (unpaired) electrons. The molecule has 1 aliphatic rings. The van der Waals surface area contributed by atoms with Crippen LogP contribution in [0.1, 0.15) is 5.56 Å². The van der Waals surface area contributed by atoms with Crippen molar-refractivity contribution in [3.05, 3.63) is 42.0 Å². The first-order valence-corrected chi connectivity index (χ1v) is 6.41. The molecule has 3 rings (SSSR count). The molecular formula is C16H17NO2. The second kappa shape index (κ2) is 4.84. The van der Waals surface area contributed by atoms with E-state index in [9.17, 15) is 0 Å². The fraction of sp³-hybridized carbons (Fsp3) is 0.250. The van der Waals surface area contributed by atoms with E-state index in [1.54, 1.807) is 14.2 Å². The summed E-state index contributed by atoms with van der Waals surface area (Å²) in [6, 6.07) is 12.5. The zero-order chi connectivity index (χ0) is 13.2. The molecule has 1 heterocycles. The molecule has 0 unspecified atom stereocenters. The first-order valence-electron chi connectivity index (χ1n) is 6.41. The summed E-state index contributed by atoms with van der Waals surface area (Å²) < 4.78 is 10.8. The molecule has 19 heavy (non-hydrogen) atoms. The van der Waals surface area contributed by atoms with Crippen molar-refractivity contribution in [1.29, 1.82) is 0 Å². The van der Waals surface area contributed by atoms with Crippen LogP contribution in [0.5, 0.6) is 11.5 Å². The lowest BCUT2D eigenvalue weighted by molar-refractivity contribution is 0.356. The van der Waals surface area contributed by atoms with Crippen molar-refractivity contribution >= 4 is 5.69 Å². The summed E-state index contributed by atoms with van der Waals surface area (Å²) in [6.07, 6.45) is 1.10. The van der Waals surface area contributed by atoms with E-state index in [0.717, 1.165) is 35.6 Å². The minimum Gasteiger partial charge on any atom is -0.493 e. The van der Waals surface area contributed by atoms with Crippen LogP contribution in [0.4, 0.5) is 5.69 Å². The third-order valence-corrected chi connectivity index (χ3v) is 3.53. The van der Waals surface area contributed by atoms with Crippen molar-refractivity contribution in [2.75, 3.05) is 26.1 Å². The van der Waals surface area contributed by atoms with E-state index >= 15 is 0 Å². The highest BCUT2D eigenvalue weighted by molar-refractivity contribution is 5.77. The molecular weight excluding hydrogens is 238 g/mol. The highest BCUT2D eigenvalue weighted by atomic mass is 16.5. The number of hydrogen-bond acceptors (Lipinski definition) is 3. The molecule has 0 fully saturated rings. The van der Waals surface area contributed by atoms with Crippen LogP contribution >= 0.6 is 0 Å². The van der Waals surface area contributed by atoms with Gasteiger partial charge in [-0.25, -0.2) is 0 Å². The average molecular weight is 255 g/mol. The summed E-state index contributed by atoms with van der Waals surface area (Å²) in [6.45, 7) is 1.02. The Balaban J connectivity index is 2.11. The smallest absolute Gasteiger partial charge is 0.168 e. The third kappa shape index (κ3) is 2.01. The van der Waals surface area contributed by atoms with Crippen LogP contribution in [-0.4, -0.2) is 20.8 Å². The van der Waals surface area contributed by atoms with E-state index < -0.39 is 0 Å². The highest BCUT2D eigenvalue weighted by Gasteiger charge is 2.15. The van der Waals surface area contributed by atoms with E-state index in [0.29, 0.717) is 0 Å². The predicted molar refractivity (Wildman–Crippen MR) is 77.2 cm³/mol. The maximum Gasteiger partial charge on any atom is 0.168 e. The number of para-hydroxylation sites is 1. The number of hydrogen-bond donors (Lipinski definition) is 1. The van der Waals surface area contributed by atoms with Gasteiger partial charge in [-0.15, -0.1) is 0 Å². The Morgan fingerprint density at radius 1 is 1.05 bits per heavy atom. The molecule has 3 nitrogen and oxygen atoms in total. The van der Waals surface area contributed by atoms with Gasteiger partial charge >= 0.3 is 0 Å². The van der Waals surface area contributed by atoms with E-state index in [1.807, 2.05) is 12.1 Å². The minimum absolute atomic E-state index is 0.758. The lowest BCUT2D eigenvalue weighted by Crippen LogP contribution is -1.94. The standard InChI is InChI=1S/C16H17NO2/c1-18-15-5-3-4-13(16(15)19-2)12-7-6-11-8-9-17-14(11)10-12/h3-7,10,17H,8-9H2,1-2H3. The Bertz CT molecular complexity index is 608. The molecule has 2 aromatic rings.